The van der Waals surface area contributed by atoms with E-state index in [2.05, 4.69) is 157 Å². The molecule has 0 spiro atoms. The molecule has 0 N–H and O–H groups in total. The van der Waals surface area contributed by atoms with Gasteiger partial charge in [-0.1, -0.05) is 159 Å². The summed E-state index contributed by atoms with van der Waals surface area (Å²) in [5.41, 5.74) is 13.5. The highest BCUT2D eigenvalue weighted by atomic mass is 28.3. The van der Waals surface area contributed by atoms with Gasteiger partial charge < -0.3 is 0 Å². The Hall–Kier alpha value is -5.57. The van der Waals surface area contributed by atoms with E-state index in [1.165, 1.54) is 44.0 Å². The summed E-state index contributed by atoms with van der Waals surface area (Å²) in [6, 6.07) is 47.0. The zero-order valence-corrected chi connectivity index (χ0v) is 35.2. The number of aromatic nitrogens is 2. The second-order valence-corrected chi connectivity index (χ2v) is 24.9. The van der Waals surface area contributed by atoms with Crippen LogP contribution in [0.25, 0.3) is 12.2 Å². The van der Waals surface area contributed by atoms with Crippen LogP contribution in [0.4, 0.5) is 0 Å². The SMILES string of the molecule is CC(=O)c1ccc(C2C(c3ccc(/C=C/[Si](C)(C)c4ccccn4)cc3)C(c3ccc(C(C)=O)cc3)C2c2ccc(/C=C/[Si](C)(C)c3ccccn3)cc2)cc1. The number of pyridine rings is 2. The lowest BCUT2D eigenvalue weighted by atomic mass is 9.49. The zero-order valence-electron chi connectivity index (χ0n) is 33.2. The van der Waals surface area contributed by atoms with Crippen molar-refractivity contribution in [1.29, 1.82) is 0 Å². The Balaban J connectivity index is 1.26. The summed E-state index contributed by atoms with van der Waals surface area (Å²) in [5.74, 6) is 0.821. The van der Waals surface area contributed by atoms with Crippen LogP contribution in [0, 0.1) is 0 Å². The summed E-state index contributed by atoms with van der Waals surface area (Å²) >= 11 is 0. The van der Waals surface area contributed by atoms with E-state index in [9.17, 15) is 9.59 Å². The fourth-order valence-electron chi connectivity index (χ4n) is 8.21. The van der Waals surface area contributed by atoms with Crippen molar-refractivity contribution in [2.45, 2.75) is 63.7 Å². The molecule has 6 heteroatoms. The van der Waals surface area contributed by atoms with Crippen molar-refractivity contribution in [2.24, 2.45) is 0 Å². The first-order valence-corrected chi connectivity index (χ1v) is 25.7. The van der Waals surface area contributed by atoms with Gasteiger partial charge in [-0.3, -0.25) is 19.6 Å². The van der Waals surface area contributed by atoms with Crippen molar-refractivity contribution in [3.05, 3.63) is 202 Å². The number of rotatable bonds is 12. The molecule has 4 nitrogen and oxygen atoms in total. The largest absolute Gasteiger partial charge is 0.295 e. The van der Waals surface area contributed by atoms with Crippen LogP contribution in [-0.4, -0.2) is 37.7 Å². The highest BCUT2D eigenvalue weighted by Gasteiger charge is 2.52. The number of nitrogens with zero attached hydrogens (tertiary/aromatic N) is 2. The number of benzene rings is 4. The van der Waals surface area contributed by atoms with Crippen molar-refractivity contribution < 1.29 is 9.59 Å². The van der Waals surface area contributed by atoms with Gasteiger partial charge in [-0.05, 0) is 95.2 Å². The minimum Gasteiger partial charge on any atom is -0.295 e. The Kier molecular flexibility index (Phi) is 11.2. The van der Waals surface area contributed by atoms with Gasteiger partial charge in [0.05, 0.1) is 0 Å². The lowest BCUT2D eigenvalue weighted by Gasteiger charge is -2.54. The third kappa shape index (κ3) is 8.32. The van der Waals surface area contributed by atoms with E-state index in [1.807, 2.05) is 48.8 Å². The van der Waals surface area contributed by atoms with Gasteiger partial charge in [-0.25, -0.2) is 0 Å². The maximum absolute atomic E-state index is 12.3. The molecule has 280 valence electrons. The number of carbonyl (C=O) groups excluding carboxylic acids is 2. The highest BCUT2D eigenvalue weighted by Crippen LogP contribution is 2.66. The quantitative estimate of drug-likeness (QED) is 0.0919. The first-order chi connectivity index (χ1) is 26.9. The van der Waals surface area contributed by atoms with Gasteiger partial charge in [0.2, 0.25) is 0 Å². The standard InChI is InChI=1S/C50H50N2O2Si2/c1-35(53)39-21-25-43(26-22-39)49-47(41-17-13-37(14-18-41)29-33-55(3,4)45-11-7-9-31-51-45)50(44-27-23-40(24-28-44)36(2)54)48(49)42-19-15-38(16-20-42)30-34-56(5,6)46-12-8-10-32-52-46/h7-34,47-50H,1-6H3/b33-29+,34-30+. The Morgan fingerprint density at radius 1 is 0.446 bits per heavy atom. The molecule has 4 aromatic carbocycles. The lowest BCUT2D eigenvalue weighted by Crippen LogP contribution is -2.41. The minimum absolute atomic E-state index is 0.0672. The molecule has 6 aromatic rings. The first-order valence-electron chi connectivity index (χ1n) is 19.5. The second kappa shape index (κ2) is 16.3. The van der Waals surface area contributed by atoms with Crippen LogP contribution in [0.5, 0.6) is 0 Å². The third-order valence-electron chi connectivity index (χ3n) is 11.6. The summed E-state index contributed by atoms with van der Waals surface area (Å²) in [6.07, 6.45) is 8.26. The maximum atomic E-state index is 12.3. The number of Topliss-reactive ketones (excluding diaryl/α,β-unsaturated/α-hetero) is 2. The van der Waals surface area contributed by atoms with Crippen molar-refractivity contribution in [3.63, 3.8) is 0 Å². The average Bonchev–Trinajstić information content (AvgIpc) is 3.21. The van der Waals surface area contributed by atoms with Gasteiger partial charge in [-0.15, -0.1) is 0 Å². The summed E-state index contributed by atoms with van der Waals surface area (Å²) in [7, 11) is -3.71. The van der Waals surface area contributed by atoms with E-state index >= 15 is 0 Å². The Labute approximate surface area is 334 Å². The average molecular weight is 767 g/mol. The van der Waals surface area contributed by atoms with E-state index in [0.717, 1.165) is 11.1 Å². The number of hydrogen-bond donors (Lipinski definition) is 0. The van der Waals surface area contributed by atoms with E-state index < -0.39 is 16.1 Å². The van der Waals surface area contributed by atoms with Crippen molar-refractivity contribution in [3.8, 4) is 0 Å². The number of ketones is 2. The van der Waals surface area contributed by atoms with Gasteiger partial charge in [-0.2, -0.15) is 0 Å². The van der Waals surface area contributed by atoms with Gasteiger partial charge >= 0.3 is 0 Å². The second-order valence-electron chi connectivity index (χ2n) is 16.3. The molecule has 0 aliphatic heterocycles. The molecule has 1 fully saturated rings. The molecular weight excluding hydrogens is 717 g/mol. The molecular formula is C50H50N2O2Si2. The van der Waals surface area contributed by atoms with E-state index in [-0.39, 0.29) is 35.2 Å². The van der Waals surface area contributed by atoms with Gasteiger partial charge in [0, 0.05) is 34.2 Å². The summed E-state index contributed by atoms with van der Waals surface area (Å²) in [4.78, 5) is 33.9. The Morgan fingerprint density at radius 2 is 0.750 bits per heavy atom. The van der Waals surface area contributed by atoms with Gasteiger partial charge in [0.25, 0.3) is 0 Å². The van der Waals surface area contributed by atoms with Crippen LogP contribution in [0.15, 0.2) is 157 Å². The molecule has 0 radical (unpaired) electrons. The number of hydrogen-bond acceptors (Lipinski definition) is 4. The molecule has 0 atom stereocenters. The smallest absolute Gasteiger partial charge is 0.159 e. The monoisotopic (exact) mass is 766 g/mol. The van der Waals surface area contributed by atoms with Crippen molar-refractivity contribution in [2.75, 3.05) is 0 Å². The molecule has 0 amide bonds. The van der Waals surface area contributed by atoms with Crippen molar-refractivity contribution in [1.82, 2.24) is 9.97 Å². The normalized spacial score (nSPS) is 18.5. The molecule has 7 rings (SSSR count). The zero-order chi connectivity index (χ0) is 39.5. The molecule has 56 heavy (non-hydrogen) atoms. The molecule has 0 bridgehead atoms. The predicted molar refractivity (Wildman–Crippen MR) is 238 cm³/mol. The molecule has 2 heterocycles. The fraction of sp³-hybridized carbons (Fsp3) is 0.200. The van der Waals surface area contributed by atoms with E-state index in [1.54, 1.807) is 13.8 Å². The topological polar surface area (TPSA) is 59.9 Å². The van der Waals surface area contributed by atoms with Crippen LogP contribution in [-0.2, 0) is 0 Å². The fourth-order valence-corrected chi connectivity index (χ4v) is 11.6. The van der Waals surface area contributed by atoms with Crippen LogP contribution in [0.2, 0.25) is 26.2 Å². The first kappa shape index (κ1) is 38.7. The molecule has 1 saturated carbocycles. The summed E-state index contributed by atoms with van der Waals surface area (Å²) in [6.45, 7) is 12.5. The highest BCUT2D eigenvalue weighted by molar-refractivity contribution is 6.94. The molecule has 2 aromatic heterocycles. The summed E-state index contributed by atoms with van der Waals surface area (Å²) < 4.78 is 0. The van der Waals surface area contributed by atoms with Crippen LogP contribution in [0.1, 0.15) is 91.6 Å². The lowest BCUT2D eigenvalue weighted by molar-refractivity contribution is 0.100. The Bertz CT molecular complexity index is 2170. The summed E-state index contributed by atoms with van der Waals surface area (Å²) in [5, 5.41) is 2.34. The molecule has 0 saturated heterocycles. The van der Waals surface area contributed by atoms with Crippen LogP contribution in [0.3, 0.4) is 0 Å². The van der Waals surface area contributed by atoms with Crippen LogP contribution < -0.4 is 10.6 Å². The van der Waals surface area contributed by atoms with Crippen molar-refractivity contribution >= 4 is 50.5 Å². The Morgan fingerprint density at radius 3 is 1.02 bits per heavy atom. The number of carbonyl (C=O) groups is 2. The molecule has 0 unspecified atom stereocenters. The molecule has 1 aliphatic rings. The van der Waals surface area contributed by atoms with E-state index in [4.69, 9.17) is 0 Å². The third-order valence-corrected chi connectivity index (χ3v) is 16.9. The van der Waals surface area contributed by atoms with Crippen LogP contribution >= 0.6 is 0 Å². The predicted octanol–water partition coefficient (Wildman–Crippen LogP) is 10.7. The minimum atomic E-state index is -1.86. The van der Waals surface area contributed by atoms with Gasteiger partial charge in [0.15, 0.2) is 11.6 Å². The maximum Gasteiger partial charge on any atom is 0.159 e. The molecule has 1 aliphatic carbocycles. The van der Waals surface area contributed by atoms with E-state index in [0.29, 0.717) is 0 Å². The van der Waals surface area contributed by atoms with Gasteiger partial charge in [0.1, 0.15) is 16.1 Å².